The molecule has 1 rings (SSSR count). The molecule has 70 valence electrons. The molecule has 1 aromatic rings. The number of amides is 1. The molecule has 0 spiro atoms. The van der Waals surface area contributed by atoms with Gasteiger partial charge in [-0.15, -0.1) is 0 Å². The third kappa shape index (κ3) is 3.11. The van der Waals surface area contributed by atoms with Crippen LogP contribution >= 0.6 is 0 Å². The van der Waals surface area contributed by atoms with Crippen molar-refractivity contribution in [2.45, 2.75) is 13.8 Å². The van der Waals surface area contributed by atoms with Crippen LogP contribution in [0.2, 0.25) is 0 Å². The van der Waals surface area contributed by atoms with Crippen molar-refractivity contribution in [1.29, 1.82) is 0 Å². The molecule has 0 aliphatic rings. The molecule has 0 radical (unpaired) electrons. The van der Waals surface area contributed by atoms with E-state index in [0.717, 1.165) is 5.56 Å². The SMILES string of the molecule is CCOC(=O)Nc1ccc(C)cn1. The monoisotopic (exact) mass is 180 g/mol. The van der Waals surface area contributed by atoms with Gasteiger partial charge in [-0.3, -0.25) is 5.32 Å². The van der Waals surface area contributed by atoms with Gasteiger partial charge in [0.2, 0.25) is 0 Å². The van der Waals surface area contributed by atoms with Crippen LogP contribution in [-0.4, -0.2) is 17.7 Å². The molecule has 1 aromatic heterocycles. The summed E-state index contributed by atoms with van der Waals surface area (Å²) < 4.78 is 4.69. The fraction of sp³-hybridized carbons (Fsp3) is 0.333. The third-order valence-corrected chi connectivity index (χ3v) is 1.42. The van der Waals surface area contributed by atoms with Crippen LogP contribution in [0.1, 0.15) is 12.5 Å². The molecule has 4 heteroatoms. The highest BCUT2D eigenvalue weighted by Crippen LogP contribution is 2.03. The Morgan fingerprint density at radius 1 is 1.62 bits per heavy atom. The Morgan fingerprint density at radius 3 is 2.92 bits per heavy atom. The van der Waals surface area contributed by atoms with E-state index in [9.17, 15) is 4.79 Å². The molecule has 13 heavy (non-hydrogen) atoms. The first-order valence-electron chi connectivity index (χ1n) is 4.09. The highest BCUT2D eigenvalue weighted by molar-refractivity contribution is 5.83. The number of hydrogen-bond donors (Lipinski definition) is 1. The van der Waals surface area contributed by atoms with E-state index < -0.39 is 6.09 Å². The molecule has 0 bridgehead atoms. The lowest BCUT2D eigenvalue weighted by Crippen LogP contribution is -2.14. The summed E-state index contributed by atoms with van der Waals surface area (Å²) in [5, 5.41) is 2.50. The molecule has 0 aliphatic heterocycles. The van der Waals surface area contributed by atoms with E-state index in [-0.39, 0.29) is 0 Å². The van der Waals surface area contributed by atoms with Crippen LogP contribution in [0.3, 0.4) is 0 Å². The normalized spacial score (nSPS) is 9.38. The van der Waals surface area contributed by atoms with Gasteiger partial charge in [0.1, 0.15) is 5.82 Å². The predicted molar refractivity (Wildman–Crippen MR) is 49.6 cm³/mol. The molecule has 0 atom stereocenters. The first kappa shape index (κ1) is 9.51. The van der Waals surface area contributed by atoms with Crippen LogP contribution in [0, 0.1) is 6.92 Å². The van der Waals surface area contributed by atoms with E-state index in [0.29, 0.717) is 12.4 Å². The summed E-state index contributed by atoms with van der Waals surface area (Å²) in [6, 6.07) is 3.60. The Kier molecular flexibility index (Phi) is 3.25. The average Bonchev–Trinajstić information content (AvgIpc) is 2.09. The van der Waals surface area contributed by atoms with Gasteiger partial charge in [-0.25, -0.2) is 9.78 Å². The Labute approximate surface area is 76.9 Å². The number of pyridine rings is 1. The summed E-state index contributed by atoms with van der Waals surface area (Å²) in [4.78, 5) is 14.9. The molecule has 1 N–H and O–H groups in total. The van der Waals surface area contributed by atoms with Gasteiger partial charge in [0.05, 0.1) is 6.61 Å². The van der Waals surface area contributed by atoms with E-state index in [4.69, 9.17) is 0 Å². The summed E-state index contributed by atoms with van der Waals surface area (Å²) in [7, 11) is 0. The van der Waals surface area contributed by atoms with Crippen molar-refractivity contribution in [3.05, 3.63) is 23.9 Å². The second-order valence-corrected chi connectivity index (χ2v) is 2.57. The highest BCUT2D eigenvalue weighted by atomic mass is 16.5. The smallest absolute Gasteiger partial charge is 0.412 e. The van der Waals surface area contributed by atoms with Gasteiger partial charge in [-0.2, -0.15) is 0 Å². The summed E-state index contributed by atoms with van der Waals surface area (Å²) >= 11 is 0. The van der Waals surface area contributed by atoms with Crippen LogP contribution < -0.4 is 5.32 Å². The zero-order valence-electron chi connectivity index (χ0n) is 7.70. The van der Waals surface area contributed by atoms with E-state index in [1.54, 1.807) is 19.2 Å². The number of rotatable bonds is 2. The van der Waals surface area contributed by atoms with Gasteiger partial charge < -0.3 is 4.74 Å². The fourth-order valence-electron chi connectivity index (χ4n) is 0.813. The van der Waals surface area contributed by atoms with Crippen molar-refractivity contribution in [2.24, 2.45) is 0 Å². The molecule has 0 unspecified atom stereocenters. The maximum absolute atomic E-state index is 10.9. The van der Waals surface area contributed by atoms with Gasteiger partial charge in [0, 0.05) is 6.20 Å². The summed E-state index contributed by atoms with van der Waals surface area (Å²) in [6.07, 6.45) is 1.21. The molecular formula is C9H12N2O2. The van der Waals surface area contributed by atoms with Crippen molar-refractivity contribution >= 4 is 11.9 Å². The number of aryl methyl sites for hydroxylation is 1. The van der Waals surface area contributed by atoms with Crippen molar-refractivity contribution in [1.82, 2.24) is 4.98 Å². The molecule has 1 heterocycles. The van der Waals surface area contributed by atoms with Crippen molar-refractivity contribution in [3.63, 3.8) is 0 Å². The molecule has 0 aromatic carbocycles. The minimum Gasteiger partial charge on any atom is -0.450 e. The molecule has 0 saturated carbocycles. The van der Waals surface area contributed by atoms with E-state index in [1.807, 2.05) is 13.0 Å². The second-order valence-electron chi connectivity index (χ2n) is 2.57. The maximum Gasteiger partial charge on any atom is 0.412 e. The lowest BCUT2D eigenvalue weighted by atomic mass is 10.3. The van der Waals surface area contributed by atoms with Crippen LogP contribution in [0.25, 0.3) is 0 Å². The molecule has 0 aliphatic carbocycles. The highest BCUT2D eigenvalue weighted by Gasteiger charge is 2.01. The number of hydrogen-bond acceptors (Lipinski definition) is 3. The van der Waals surface area contributed by atoms with Crippen LogP contribution in [-0.2, 0) is 4.74 Å². The molecular weight excluding hydrogens is 168 g/mol. The minimum atomic E-state index is -0.473. The Morgan fingerprint density at radius 2 is 2.38 bits per heavy atom. The first-order chi connectivity index (χ1) is 6.22. The first-order valence-corrected chi connectivity index (χ1v) is 4.09. The Hall–Kier alpha value is -1.58. The fourth-order valence-corrected chi connectivity index (χ4v) is 0.813. The van der Waals surface area contributed by atoms with E-state index >= 15 is 0 Å². The van der Waals surface area contributed by atoms with Gasteiger partial charge in [0.25, 0.3) is 0 Å². The zero-order chi connectivity index (χ0) is 9.68. The Balaban J connectivity index is 2.54. The number of nitrogens with zero attached hydrogens (tertiary/aromatic N) is 1. The van der Waals surface area contributed by atoms with Crippen LogP contribution in [0.5, 0.6) is 0 Å². The average molecular weight is 180 g/mol. The largest absolute Gasteiger partial charge is 0.450 e. The quantitative estimate of drug-likeness (QED) is 0.756. The van der Waals surface area contributed by atoms with Crippen LogP contribution in [0.15, 0.2) is 18.3 Å². The topological polar surface area (TPSA) is 51.2 Å². The number of nitrogens with one attached hydrogen (secondary N) is 1. The third-order valence-electron chi connectivity index (χ3n) is 1.42. The van der Waals surface area contributed by atoms with Gasteiger partial charge in [-0.05, 0) is 25.5 Å². The predicted octanol–water partition coefficient (Wildman–Crippen LogP) is 1.96. The second kappa shape index (κ2) is 4.45. The van der Waals surface area contributed by atoms with E-state index in [2.05, 4.69) is 15.0 Å². The molecule has 4 nitrogen and oxygen atoms in total. The number of anilines is 1. The van der Waals surface area contributed by atoms with Crippen molar-refractivity contribution < 1.29 is 9.53 Å². The summed E-state index contributed by atoms with van der Waals surface area (Å²) in [6.45, 7) is 4.04. The lowest BCUT2D eigenvalue weighted by Gasteiger charge is -2.03. The minimum absolute atomic E-state index is 0.359. The number of carbonyl (C=O) groups is 1. The van der Waals surface area contributed by atoms with Gasteiger partial charge in [0.15, 0.2) is 0 Å². The maximum atomic E-state index is 10.9. The number of aromatic nitrogens is 1. The number of carbonyl (C=O) groups excluding carboxylic acids is 1. The summed E-state index contributed by atoms with van der Waals surface area (Å²) in [5.74, 6) is 0.504. The van der Waals surface area contributed by atoms with Crippen molar-refractivity contribution in [3.8, 4) is 0 Å². The summed E-state index contributed by atoms with van der Waals surface area (Å²) in [5.41, 5.74) is 1.05. The molecule has 0 saturated heterocycles. The van der Waals surface area contributed by atoms with Crippen molar-refractivity contribution in [2.75, 3.05) is 11.9 Å². The van der Waals surface area contributed by atoms with E-state index in [1.165, 1.54) is 0 Å². The Bertz CT molecular complexity index is 282. The molecule has 1 amide bonds. The van der Waals surface area contributed by atoms with Crippen LogP contribution in [0.4, 0.5) is 10.6 Å². The standard InChI is InChI=1S/C9H12N2O2/c1-3-13-9(12)11-8-5-4-7(2)6-10-8/h4-6H,3H2,1-2H3,(H,10,11,12). The van der Waals surface area contributed by atoms with Gasteiger partial charge in [-0.1, -0.05) is 6.07 Å². The lowest BCUT2D eigenvalue weighted by molar-refractivity contribution is 0.168. The van der Waals surface area contributed by atoms with Gasteiger partial charge >= 0.3 is 6.09 Å². The molecule has 0 fully saturated rings. The zero-order valence-corrected chi connectivity index (χ0v) is 7.70. The number of ether oxygens (including phenoxy) is 1.